The van der Waals surface area contributed by atoms with Crippen molar-refractivity contribution >= 4 is 11.9 Å². The number of aliphatic hydroxyl groups is 5. The van der Waals surface area contributed by atoms with Gasteiger partial charge in [-0.3, -0.25) is 9.59 Å². The standard InChI is InChI=1S/C73H131NO10/c1-3-5-7-9-11-13-15-36-41-45-49-53-57-61-69(78)82-62-58-54-50-46-42-38-35-33-31-29-27-25-23-21-19-17-18-20-22-24-26-28-30-32-34-37-40-44-48-52-56-60-68(77)74-65(64-83-73-72(81)71(80)70(79)67(63-75)84-73)66(76)59-55-51-47-43-39-16-14-12-10-8-6-4-2/h7,9,13,15,19,21,25,27,39,43,55,59,65-67,70-73,75-76,79-81H,3-6,8,10-12,14,16-18,20,22-24,26,28-38,40-42,44-54,56-58,60-64H2,1-2H3,(H,74,77)/b9-7-,15-13-,21-19-,27-25-,43-39+,59-55+. The average molecular weight is 1180 g/mol. The van der Waals surface area contributed by atoms with E-state index in [1.165, 1.54) is 218 Å². The van der Waals surface area contributed by atoms with Gasteiger partial charge in [0.25, 0.3) is 0 Å². The van der Waals surface area contributed by atoms with Crippen molar-refractivity contribution < 1.29 is 49.3 Å². The number of ether oxygens (including phenoxy) is 3. The Morgan fingerprint density at radius 3 is 1.30 bits per heavy atom. The number of esters is 1. The number of nitrogens with one attached hydrogen (secondary N) is 1. The fraction of sp³-hybridized carbons (Fsp3) is 0.808. The Hall–Kier alpha value is -2.90. The second-order valence-corrected chi connectivity index (χ2v) is 24.2. The lowest BCUT2D eigenvalue weighted by Crippen LogP contribution is -2.60. The maximum absolute atomic E-state index is 13.0. The van der Waals surface area contributed by atoms with Crippen molar-refractivity contribution in [2.45, 2.75) is 358 Å². The predicted molar refractivity (Wildman–Crippen MR) is 352 cm³/mol. The van der Waals surface area contributed by atoms with Crippen LogP contribution in [-0.4, -0.2) is 100 Å². The molecule has 1 heterocycles. The molecule has 1 rings (SSSR count). The molecule has 11 heteroatoms. The van der Waals surface area contributed by atoms with E-state index < -0.39 is 49.5 Å². The Morgan fingerprint density at radius 1 is 0.440 bits per heavy atom. The Balaban J connectivity index is 1.98. The van der Waals surface area contributed by atoms with Gasteiger partial charge in [0, 0.05) is 12.8 Å². The molecule has 1 amide bonds. The van der Waals surface area contributed by atoms with E-state index in [2.05, 4.69) is 79.9 Å². The van der Waals surface area contributed by atoms with Gasteiger partial charge >= 0.3 is 5.97 Å². The quantitative estimate of drug-likeness (QED) is 0.0195. The Labute approximate surface area is 515 Å². The number of carbonyl (C=O) groups is 2. The Morgan fingerprint density at radius 2 is 0.833 bits per heavy atom. The molecule has 6 N–H and O–H groups in total. The van der Waals surface area contributed by atoms with E-state index >= 15 is 0 Å². The maximum atomic E-state index is 13.0. The molecule has 0 aromatic carbocycles. The van der Waals surface area contributed by atoms with E-state index in [4.69, 9.17) is 14.2 Å². The normalized spacial score (nSPS) is 18.5. The summed E-state index contributed by atoms with van der Waals surface area (Å²) < 4.78 is 16.7. The van der Waals surface area contributed by atoms with Crippen LogP contribution in [0.25, 0.3) is 0 Å². The average Bonchev–Trinajstić information content (AvgIpc) is 3.61. The van der Waals surface area contributed by atoms with Crippen molar-refractivity contribution in [3.8, 4) is 0 Å². The van der Waals surface area contributed by atoms with Crippen molar-refractivity contribution in [2.75, 3.05) is 19.8 Å². The van der Waals surface area contributed by atoms with Crippen molar-refractivity contribution in [1.82, 2.24) is 5.32 Å². The zero-order chi connectivity index (χ0) is 60.9. The van der Waals surface area contributed by atoms with E-state index in [9.17, 15) is 35.1 Å². The Bertz CT molecular complexity index is 1630. The van der Waals surface area contributed by atoms with Gasteiger partial charge in [0.05, 0.1) is 32.0 Å². The lowest BCUT2D eigenvalue weighted by atomic mass is 9.99. The summed E-state index contributed by atoms with van der Waals surface area (Å²) in [6, 6.07) is -0.828. The maximum Gasteiger partial charge on any atom is 0.305 e. The molecule has 7 unspecified atom stereocenters. The number of hydrogen-bond donors (Lipinski definition) is 6. The van der Waals surface area contributed by atoms with Gasteiger partial charge in [-0.05, 0) is 103 Å². The van der Waals surface area contributed by atoms with Gasteiger partial charge < -0.3 is 45.1 Å². The third-order valence-electron chi connectivity index (χ3n) is 16.2. The lowest BCUT2D eigenvalue weighted by molar-refractivity contribution is -0.302. The molecule has 0 aliphatic carbocycles. The highest BCUT2D eigenvalue weighted by atomic mass is 16.7. The molecular weight excluding hydrogens is 1050 g/mol. The van der Waals surface area contributed by atoms with E-state index in [1.807, 2.05) is 6.08 Å². The second kappa shape index (κ2) is 61.7. The third-order valence-corrected chi connectivity index (χ3v) is 16.2. The van der Waals surface area contributed by atoms with Gasteiger partial charge in [-0.1, -0.05) is 273 Å². The van der Waals surface area contributed by atoms with Crippen LogP contribution in [0, 0.1) is 0 Å². The molecule has 84 heavy (non-hydrogen) atoms. The number of allylic oxidation sites excluding steroid dienone is 11. The minimum atomic E-state index is -1.58. The Kier molecular flexibility index (Phi) is 58.1. The molecule has 1 saturated heterocycles. The number of rotatable bonds is 61. The van der Waals surface area contributed by atoms with E-state index in [1.54, 1.807) is 6.08 Å². The highest BCUT2D eigenvalue weighted by molar-refractivity contribution is 5.76. The molecule has 0 bridgehead atoms. The fourth-order valence-electron chi connectivity index (χ4n) is 10.7. The summed E-state index contributed by atoms with van der Waals surface area (Å²) in [4.78, 5) is 25.1. The van der Waals surface area contributed by atoms with Crippen LogP contribution in [0.1, 0.15) is 316 Å². The molecule has 0 saturated carbocycles. The molecule has 0 radical (unpaired) electrons. The van der Waals surface area contributed by atoms with Crippen LogP contribution in [0.3, 0.4) is 0 Å². The van der Waals surface area contributed by atoms with Crippen molar-refractivity contribution in [2.24, 2.45) is 0 Å². The molecule has 1 fully saturated rings. The molecule has 1 aliphatic rings. The number of unbranched alkanes of at least 4 members (excludes halogenated alkanes) is 37. The first-order chi connectivity index (χ1) is 41.2. The van der Waals surface area contributed by atoms with Crippen LogP contribution in [0.2, 0.25) is 0 Å². The molecule has 0 spiro atoms. The highest BCUT2D eigenvalue weighted by Crippen LogP contribution is 2.23. The van der Waals surface area contributed by atoms with Crippen molar-refractivity contribution in [3.05, 3.63) is 72.9 Å². The van der Waals surface area contributed by atoms with Gasteiger partial charge in [0.1, 0.15) is 24.4 Å². The lowest BCUT2D eigenvalue weighted by Gasteiger charge is -2.40. The molecule has 7 atom stereocenters. The summed E-state index contributed by atoms with van der Waals surface area (Å²) >= 11 is 0. The molecule has 0 aromatic rings. The molecule has 488 valence electrons. The number of aliphatic hydroxyl groups excluding tert-OH is 5. The first-order valence-corrected chi connectivity index (χ1v) is 35.2. The van der Waals surface area contributed by atoms with Crippen LogP contribution in [0.4, 0.5) is 0 Å². The summed E-state index contributed by atoms with van der Waals surface area (Å²) in [5.41, 5.74) is 0. The summed E-state index contributed by atoms with van der Waals surface area (Å²) in [6.45, 7) is 4.25. The number of hydrogen-bond acceptors (Lipinski definition) is 10. The second-order valence-electron chi connectivity index (χ2n) is 24.2. The first-order valence-electron chi connectivity index (χ1n) is 35.2. The largest absolute Gasteiger partial charge is 0.466 e. The van der Waals surface area contributed by atoms with Crippen LogP contribution >= 0.6 is 0 Å². The van der Waals surface area contributed by atoms with Gasteiger partial charge in [0.2, 0.25) is 5.91 Å². The van der Waals surface area contributed by atoms with Crippen molar-refractivity contribution in [1.29, 1.82) is 0 Å². The molecule has 1 aliphatic heterocycles. The number of carbonyl (C=O) groups excluding carboxylic acids is 2. The number of amides is 1. The summed E-state index contributed by atoms with van der Waals surface area (Å²) in [6.07, 6.45) is 73.2. The van der Waals surface area contributed by atoms with Crippen molar-refractivity contribution in [3.63, 3.8) is 0 Å². The van der Waals surface area contributed by atoms with E-state index in [0.29, 0.717) is 19.4 Å². The van der Waals surface area contributed by atoms with E-state index in [-0.39, 0.29) is 18.5 Å². The fourth-order valence-corrected chi connectivity index (χ4v) is 10.7. The molecule has 11 nitrogen and oxygen atoms in total. The SMILES string of the molecule is CCC/C=C\C/C=C\CCCCCCCC(=O)OCCCCCCCCCCC/C=C\C/C=C\CCCCCCCCCCCCCCCCCC(=O)NC(COC1OC(CO)C(O)C(O)C1O)C(O)/C=C/CC/C=C/CCCCCCCC. The van der Waals surface area contributed by atoms with Gasteiger partial charge in [-0.2, -0.15) is 0 Å². The van der Waals surface area contributed by atoms with E-state index in [0.717, 1.165) is 70.6 Å². The minimum Gasteiger partial charge on any atom is -0.466 e. The zero-order valence-electron chi connectivity index (χ0n) is 54.1. The smallest absolute Gasteiger partial charge is 0.305 e. The van der Waals surface area contributed by atoms with Crippen LogP contribution in [0.15, 0.2) is 72.9 Å². The minimum absolute atomic E-state index is 0.0110. The van der Waals surface area contributed by atoms with Crippen LogP contribution in [-0.2, 0) is 23.8 Å². The van der Waals surface area contributed by atoms with Crippen LogP contribution < -0.4 is 5.32 Å². The summed E-state index contributed by atoms with van der Waals surface area (Å²) in [5.74, 6) is -0.203. The van der Waals surface area contributed by atoms with Gasteiger partial charge in [0.15, 0.2) is 6.29 Å². The van der Waals surface area contributed by atoms with Crippen LogP contribution in [0.5, 0.6) is 0 Å². The van der Waals surface area contributed by atoms with Gasteiger partial charge in [-0.15, -0.1) is 0 Å². The first kappa shape index (κ1) is 79.1. The predicted octanol–water partition coefficient (Wildman–Crippen LogP) is 17.9. The zero-order valence-corrected chi connectivity index (χ0v) is 54.1. The summed E-state index contributed by atoms with van der Waals surface area (Å²) in [7, 11) is 0. The van der Waals surface area contributed by atoms with Gasteiger partial charge in [-0.25, -0.2) is 0 Å². The monoisotopic (exact) mass is 1180 g/mol. The molecule has 0 aromatic heterocycles. The molecular formula is C73H131NO10. The third kappa shape index (κ3) is 50.1. The topological polar surface area (TPSA) is 175 Å². The highest BCUT2D eigenvalue weighted by Gasteiger charge is 2.44. The summed E-state index contributed by atoms with van der Waals surface area (Å²) in [5, 5.41) is 54.4.